The van der Waals surface area contributed by atoms with Crippen LogP contribution in [-0.2, 0) is 83.3 Å². The van der Waals surface area contributed by atoms with Crippen molar-refractivity contribution in [2.75, 3.05) is 83.6 Å². The minimum Gasteiger partial charge on any atom is -0.480 e. The number of sulfonamides is 1. The van der Waals surface area contributed by atoms with Crippen molar-refractivity contribution in [1.29, 1.82) is 0 Å². The highest BCUT2D eigenvalue weighted by molar-refractivity contribution is 9.09. The van der Waals surface area contributed by atoms with Gasteiger partial charge in [0.05, 0.1) is 50.7 Å². The molecule has 77 heavy (non-hydrogen) atoms. The molecule has 11 N–H and O–H groups in total. The number of alkyl halides is 1. The quantitative estimate of drug-likeness (QED) is 0.0250. The standard InChI is InChI=1S/C45H76BrN11O19S/c1-44(2,24-33-53-56-57-54-33)29-45(3,4)25-37(61)55-77(71,72)23-7-9-34(58)48-15-17-73-19-22-76-28-40(64)52-32(43(69)70)11-13-36(60)50-31(42(67)68)10-12-35(59)49-16-18-74-20-21-75-27-39(63)51-30(41(65)66)8-5-6-14-47-38(62)26-46/h30-32H,5-29H2,1-4H3,(H,47,62)(H,48,58)(H,49,59)(H,50,60)(H,51,63)(H,52,64)(H,55,61)(H,65,66)(H,67,68)(H,69,70)(H,53,54,56,57). The van der Waals surface area contributed by atoms with Crippen molar-refractivity contribution in [3.05, 3.63) is 5.82 Å². The summed E-state index contributed by atoms with van der Waals surface area (Å²) in [5, 5.41) is 56.9. The summed E-state index contributed by atoms with van der Waals surface area (Å²) in [7, 11) is -3.99. The first-order chi connectivity index (χ1) is 36.2. The van der Waals surface area contributed by atoms with Crippen LogP contribution in [0, 0.1) is 10.8 Å². The van der Waals surface area contributed by atoms with Crippen molar-refractivity contribution in [2.45, 2.75) is 123 Å². The number of nitrogens with one attached hydrogen (secondary N) is 8. The van der Waals surface area contributed by atoms with E-state index in [9.17, 15) is 71.7 Å². The number of halogens is 1. The number of aliphatic carboxylic acids is 3. The number of carbonyl (C=O) groups excluding carboxylic acids is 7. The number of aromatic amines is 1. The molecule has 0 spiro atoms. The van der Waals surface area contributed by atoms with E-state index >= 15 is 0 Å². The van der Waals surface area contributed by atoms with Crippen LogP contribution in [0.4, 0.5) is 0 Å². The second-order valence-electron chi connectivity index (χ2n) is 19.1. The van der Waals surface area contributed by atoms with E-state index in [1.165, 1.54) is 0 Å². The molecule has 0 fully saturated rings. The highest BCUT2D eigenvalue weighted by Gasteiger charge is 2.33. The molecule has 1 aromatic rings. The molecule has 30 nitrogen and oxygen atoms in total. The number of aromatic nitrogens is 4. The Morgan fingerprint density at radius 2 is 1.05 bits per heavy atom. The molecule has 438 valence electrons. The van der Waals surface area contributed by atoms with E-state index in [1.54, 1.807) is 0 Å². The predicted molar refractivity (Wildman–Crippen MR) is 273 cm³/mol. The van der Waals surface area contributed by atoms with E-state index in [0.29, 0.717) is 38.1 Å². The molecule has 0 aliphatic rings. The molecular weight excluding hydrogens is 1110 g/mol. The Bertz CT molecular complexity index is 2150. The highest BCUT2D eigenvalue weighted by atomic mass is 79.9. The number of carbonyl (C=O) groups is 10. The predicted octanol–water partition coefficient (Wildman–Crippen LogP) is -1.95. The third-order valence-corrected chi connectivity index (χ3v) is 12.5. The fourth-order valence-electron chi connectivity index (χ4n) is 7.53. The van der Waals surface area contributed by atoms with Crippen LogP contribution >= 0.6 is 15.9 Å². The van der Waals surface area contributed by atoms with Crippen LogP contribution in [0.2, 0.25) is 0 Å². The lowest BCUT2D eigenvalue weighted by Crippen LogP contribution is -2.45. The molecule has 0 radical (unpaired) electrons. The first kappa shape index (κ1) is 69.1. The topological polar surface area (TPSA) is 441 Å². The van der Waals surface area contributed by atoms with E-state index in [-0.39, 0.29) is 108 Å². The number of nitrogens with zero attached hydrogens (tertiary/aromatic N) is 3. The number of tetrazole rings is 1. The van der Waals surface area contributed by atoms with Gasteiger partial charge in [-0.2, -0.15) is 0 Å². The Labute approximate surface area is 454 Å². The zero-order valence-corrected chi connectivity index (χ0v) is 46.3. The van der Waals surface area contributed by atoms with Crippen molar-refractivity contribution < 1.29 is 90.6 Å². The van der Waals surface area contributed by atoms with E-state index in [0.717, 1.165) is 0 Å². The minimum atomic E-state index is -3.99. The molecule has 1 rings (SSSR count). The molecule has 32 heteroatoms. The van der Waals surface area contributed by atoms with Crippen molar-refractivity contribution in [3.63, 3.8) is 0 Å². The Morgan fingerprint density at radius 1 is 0.571 bits per heavy atom. The maximum Gasteiger partial charge on any atom is 0.326 e. The fraction of sp³-hybridized carbons (Fsp3) is 0.756. The summed E-state index contributed by atoms with van der Waals surface area (Å²) < 4.78 is 48.2. The van der Waals surface area contributed by atoms with Gasteiger partial charge in [0.15, 0.2) is 0 Å². The number of rotatable bonds is 45. The van der Waals surface area contributed by atoms with E-state index in [1.807, 2.05) is 27.7 Å². The lowest BCUT2D eigenvalue weighted by molar-refractivity contribution is -0.144. The molecule has 0 aromatic carbocycles. The molecule has 0 saturated heterocycles. The summed E-state index contributed by atoms with van der Waals surface area (Å²) in [6.07, 6.45) is 0.509. The molecule has 3 unspecified atom stereocenters. The van der Waals surface area contributed by atoms with Gasteiger partial charge in [-0.05, 0) is 66.2 Å². The molecule has 1 heterocycles. The molecule has 0 aliphatic carbocycles. The Morgan fingerprint density at radius 3 is 1.56 bits per heavy atom. The lowest BCUT2D eigenvalue weighted by atomic mass is 9.71. The SMILES string of the molecule is CC(C)(CC(=O)NS(=O)(=O)CCCC(=O)NCCOCCOCC(=O)NC(CCC(=O)NC(CCC(=O)NCCOCCOCC(=O)NC(CCCCNC(=O)CBr)C(=O)O)C(=O)O)C(=O)O)CC(C)(C)Cc1nnn[nH]1. The molecule has 7 amide bonds. The highest BCUT2D eigenvalue weighted by Crippen LogP contribution is 2.38. The van der Waals surface area contributed by atoms with Crippen LogP contribution in [0.1, 0.15) is 104 Å². The third-order valence-electron chi connectivity index (χ3n) is 10.6. The van der Waals surface area contributed by atoms with Crippen LogP contribution in [0.25, 0.3) is 0 Å². The number of H-pyrrole nitrogens is 1. The van der Waals surface area contributed by atoms with E-state index < -0.39 is 119 Å². The second kappa shape index (κ2) is 37.8. The van der Waals surface area contributed by atoms with Crippen LogP contribution in [0.3, 0.4) is 0 Å². The van der Waals surface area contributed by atoms with Crippen molar-refractivity contribution >= 4 is 85.2 Å². The number of carboxylic acids is 3. The van der Waals surface area contributed by atoms with E-state index in [4.69, 9.17) is 18.9 Å². The molecule has 0 saturated carbocycles. The summed E-state index contributed by atoms with van der Waals surface area (Å²) in [5.74, 6) is -8.13. The summed E-state index contributed by atoms with van der Waals surface area (Å²) in [4.78, 5) is 120. The molecule has 0 aliphatic heterocycles. The zero-order valence-electron chi connectivity index (χ0n) is 43.9. The largest absolute Gasteiger partial charge is 0.480 e. The van der Waals surface area contributed by atoms with Crippen molar-refractivity contribution in [3.8, 4) is 0 Å². The maximum atomic E-state index is 12.6. The number of hydrogen-bond acceptors (Lipinski definition) is 19. The fourth-order valence-corrected chi connectivity index (χ4v) is 8.77. The van der Waals surface area contributed by atoms with Gasteiger partial charge in [0, 0.05) is 51.7 Å². The van der Waals surface area contributed by atoms with Gasteiger partial charge in [0.25, 0.3) is 0 Å². The minimum absolute atomic E-state index is 0.00941. The second-order valence-corrected chi connectivity index (χ2v) is 21.5. The van der Waals surface area contributed by atoms with Crippen molar-refractivity contribution in [2.24, 2.45) is 10.8 Å². The first-order valence-corrected chi connectivity index (χ1v) is 27.5. The Kier molecular flexibility index (Phi) is 33.9. The van der Waals surface area contributed by atoms with Crippen LogP contribution in [-0.4, -0.2) is 205 Å². The average Bonchev–Trinajstić information content (AvgIpc) is 3.83. The Hall–Kier alpha value is -5.96. The van der Waals surface area contributed by atoms with Gasteiger partial charge in [-0.15, -0.1) is 5.10 Å². The summed E-state index contributed by atoms with van der Waals surface area (Å²) >= 11 is 3.02. The smallest absolute Gasteiger partial charge is 0.326 e. The van der Waals surface area contributed by atoms with Crippen LogP contribution in [0.5, 0.6) is 0 Å². The first-order valence-electron chi connectivity index (χ1n) is 24.7. The summed E-state index contributed by atoms with van der Waals surface area (Å²) in [6.45, 7) is 7.20. The molecule has 0 bridgehead atoms. The van der Waals surface area contributed by atoms with Gasteiger partial charge >= 0.3 is 17.9 Å². The normalized spacial score (nSPS) is 12.8. The number of unbranched alkanes of at least 4 members (excludes halogenated alkanes) is 1. The Balaban J connectivity index is 2.21. The number of amides is 7. The lowest BCUT2D eigenvalue weighted by Gasteiger charge is -2.34. The monoisotopic (exact) mass is 1190 g/mol. The number of carboxylic acid groups (broad SMARTS) is 3. The number of hydrogen-bond donors (Lipinski definition) is 11. The van der Waals surface area contributed by atoms with Crippen molar-refractivity contribution in [1.82, 2.24) is 57.2 Å². The average molecular weight is 1190 g/mol. The zero-order chi connectivity index (χ0) is 57.9. The molecule has 1 aromatic heterocycles. The van der Waals surface area contributed by atoms with Gasteiger partial charge < -0.3 is 66.2 Å². The van der Waals surface area contributed by atoms with E-state index in [2.05, 4.69) is 73.2 Å². The molecule has 3 atom stereocenters. The van der Waals surface area contributed by atoms with Crippen LogP contribution < -0.4 is 36.6 Å². The van der Waals surface area contributed by atoms with Gasteiger partial charge in [-0.25, -0.2) is 27.9 Å². The van der Waals surface area contributed by atoms with Gasteiger partial charge in [0.1, 0.15) is 37.2 Å². The maximum absolute atomic E-state index is 12.6. The van der Waals surface area contributed by atoms with Gasteiger partial charge in [-0.1, -0.05) is 43.6 Å². The third kappa shape index (κ3) is 35.9. The summed E-state index contributed by atoms with van der Waals surface area (Å²) in [6, 6.07) is -4.15. The van der Waals surface area contributed by atoms with Crippen LogP contribution in [0.15, 0.2) is 0 Å². The molecular formula is C45H76BrN11O19S. The van der Waals surface area contributed by atoms with Gasteiger partial charge in [-0.3, -0.25) is 38.3 Å². The van der Waals surface area contributed by atoms with Gasteiger partial charge in [0.2, 0.25) is 51.4 Å². The number of ether oxygens (including phenoxy) is 4. The summed E-state index contributed by atoms with van der Waals surface area (Å²) in [5.41, 5.74) is -0.835.